The molecule has 0 amide bonds. The number of rotatable bonds is 7. The van der Waals surface area contributed by atoms with Crippen molar-refractivity contribution in [2.45, 2.75) is 26.5 Å². The fraction of sp³-hybridized carbons (Fsp3) is 0.526. The van der Waals surface area contributed by atoms with Gasteiger partial charge in [0.25, 0.3) is 0 Å². The summed E-state index contributed by atoms with van der Waals surface area (Å²) < 4.78 is 10.9. The van der Waals surface area contributed by atoms with Crippen molar-refractivity contribution in [1.82, 2.24) is 15.0 Å². The zero-order chi connectivity index (χ0) is 17.6. The quantitative estimate of drug-likeness (QED) is 0.826. The minimum Gasteiger partial charge on any atom is -0.491 e. The van der Waals surface area contributed by atoms with Crippen LogP contribution in [0, 0.1) is 13.8 Å². The maximum atomic E-state index is 10.2. The molecule has 1 N–H and O–H groups in total. The number of aliphatic hydroxyl groups excluding tert-OH is 1. The third kappa shape index (κ3) is 5.56. The molecule has 0 bridgehead atoms. The molecule has 1 aromatic carbocycles. The molecule has 0 aliphatic carbocycles. The molecule has 6 nitrogen and oxygen atoms in total. The summed E-state index contributed by atoms with van der Waals surface area (Å²) in [6, 6.07) is 9.88. The Morgan fingerprint density at radius 1 is 1.12 bits per heavy atom. The average Bonchev–Trinajstić information content (AvgIpc) is 3.01. The standard InChI is InChI=1S/C19H27N3O3/c1-15-3-5-18(6-4-15)24-14-17(23)12-21-7-9-22(10-8-21)13-19-11-16(2)20-25-19/h3-6,11,17,23H,7-10,12-14H2,1-2H3/t17-/m0/s1. The van der Waals surface area contributed by atoms with Crippen LogP contribution in [0.3, 0.4) is 0 Å². The highest BCUT2D eigenvalue weighted by atomic mass is 16.5. The predicted molar refractivity (Wildman–Crippen MR) is 95.6 cm³/mol. The van der Waals surface area contributed by atoms with Gasteiger partial charge in [-0.3, -0.25) is 9.80 Å². The van der Waals surface area contributed by atoms with Crippen molar-refractivity contribution in [1.29, 1.82) is 0 Å². The van der Waals surface area contributed by atoms with E-state index in [2.05, 4.69) is 15.0 Å². The van der Waals surface area contributed by atoms with Crippen LogP contribution >= 0.6 is 0 Å². The van der Waals surface area contributed by atoms with E-state index < -0.39 is 6.10 Å². The van der Waals surface area contributed by atoms with Crippen LogP contribution in [0.5, 0.6) is 5.75 Å². The van der Waals surface area contributed by atoms with Crippen LogP contribution in [-0.4, -0.2) is 65.5 Å². The Morgan fingerprint density at radius 2 is 1.80 bits per heavy atom. The lowest BCUT2D eigenvalue weighted by atomic mass is 10.2. The molecule has 1 atom stereocenters. The van der Waals surface area contributed by atoms with E-state index >= 15 is 0 Å². The van der Waals surface area contributed by atoms with Crippen LogP contribution in [0.4, 0.5) is 0 Å². The fourth-order valence-corrected chi connectivity index (χ4v) is 3.02. The molecule has 0 spiro atoms. The summed E-state index contributed by atoms with van der Waals surface area (Å²) in [5, 5.41) is 14.1. The molecule has 3 rings (SSSR count). The topological polar surface area (TPSA) is 62.0 Å². The first kappa shape index (κ1) is 17.9. The highest BCUT2D eigenvalue weighted by Gasteiger charge is 2.20. The van der Waals surface area contributed by atoms with E-state index in [4.69, 9.17) is 9.26 Å². The number of benzene rings is 1. The third-order valence-electron chi connectivity index (χ3n) is 4.45. The van der Waals surface area contributed by atoms with Gasteiger partial charge in [0.15, 0.2) is 5.76 Å². The van der Waals surface area contributed by atoms with Crippen LogP contribution in [0.15, 0.2) is 34.9 Å². The van der Waals surface area contributed by atoms with E-state index in [1.54, 1.807) is 0 Å². The van der Waals surface area contributed by atoms with E-state index in [0.29, 0.717) is 13.2 Å². The number of piperazine rings is 1. The summed E-state index contributed by atoms with van der Waals surface area (Å²) in [5.41, 5.74) is 2.12. The molecule has 136 valence electrons. The molecular weight excluding hydrogens is 318 g/mol. The zero-order valence-corrected chi connectivity index (χ0v) is 15.0. The second-order valence-electron chi connectivity index (χ2n) is 6.79. The molecule has 2 aromatic rings. The Labute approximate surface area is 149 Å². The lowest BCUT2D eigenvalue weighted by Crippen LogP contribution is -2.48. The van der Waals surface area contributed by atoms with Gasteiger partial charge >= 0.3 is 0 Å². The van der Waals surface area contributed by atoms with Crippen molar-refractivity contribution in [3.63, 3.8) is 0 Å². The number of aryl methyl sites for hydroxylation is 2. The molecule has 1 fully saturated rings. The van der Waals surface area contributed by atoms with Crippen LogP contribution in [0.2, 0.25) is 0 Å². The largest absolute Gasteiger partial charge is 0.491 e. The summed E-state index contributed by atoms with van der Waals surface area (Å²) in [5.74, 6) is 1.72. The van der Waals surface area contributed by atoms with Gasteiger partial charge in [-0.2, -0.15) is 0 Å². The molecule has 1 aliphatic heterocycles. The molecule has 0 radical (unpaired) electrons. The summed E-state index contributed by atoms with van der Waals surface area (Å²) >= 11 is 0. The van der Waals surface area contributed by atoms with Gasteiger partial charge in [-0.05, 0) is 26.0 Å². The van der Waals surface area contributed by atoms with Gasteiger partial charge in [0, 0.05) is 38.8 Å². The molecule has 1 aromatic heterocycles. The summed E-state index contributed by atoms with van der Waals surface area (Å²) in [6.45, 7) is 9.54. The van der Waals surface area contributed by atoms with Crippen LogP contribution in [0.1, 0.15) is 17.0 Å². The minimum atomic E-state index is -0.482. The molecule has 1 saturated heterocycles. The summed E-state index contributed by atoms with van der Waals surface area (Å²) in [4.78, 5) is 4.64. The second kappa shape index (κ2) is 8.47. The van der Waals surface area contributed by atoms with E-state index in [1.165, 1.54) is 5.56 Å². The highest BCUT2D eigenvalue weighted by Crippen LogP contribution is 2.13. The smallest absolute Gasteiger partial charge is 0.150 e. The second-order valence-corrected chi connectivity index (χ2v) is 6.79. The molecule has 0 saturated carbocycles. The van der Waals surface area contributed by atoms with Crippen molar-refractivity contribution in [3.8, 4) is 5.75 Å². The Balaban J connectivity index is 1.35. The molecule has 25 heavy (non-hydrogen) atoms. The molecule has 0 unspecified atom stereocenters. The number of nitrogens with zero attached hydrogens (tertiary/aromatic N) is 3. The number of hydrogen-bond donors (Lipinski definition) is 1. The number of aliphatic hydroxyl groups is 1. The minimum absolute atomic E-state index is 0.320. The Morgan fingerprint density at radius 3 is 2.44 bits per heavy atom. The maximum Gasteiger partial charge on any atom is 0.150 e. The lowest BCUT2D eigenvalue weighted by Gasteiger charge is -2.35. The van der Waals surface area contributed by atoms with Gasteiger partial charge in [-0.25, -0.2) is 0 Å². The summed E-state index contributed by atoms with van der Waals surface area (Å²) in [6.07, 6.45) is -0.482. The fourth-order valence-electron chi connectivity index (χ4n) is 3.02. The monoisotopic (exact) mass is 345 g/mol. The van der Waals surface area contributed by atoms with Gasteiger partial charge < -0.3 is 14.4 Å². The number of aromatic nitrogens is 1. The van der Waals surface area contributed by atoms with Crippen molar-refractivity contribution >= 4 is 0 Å². The predicted octanol–water partition coefficient (Wildman–Crippen LogP) is 1.85. The SMILES string of the molecule is Cc1ccc(OC[C@@H](O)CN2CCN(Cc3cc(C)no3)CC2)cc1. The zero-order valence-electron chi connectivity index (χ0n) is 15.0. The van der Waals surface area contributed by atoms with E-state index in [1.807, 2.05) is 44.2 Å². The average molecular weight is 345 g/mol. The van der Waals surface area contributed by atoms with Crippen molar-refractivity contribution in [3.05, 3.63) is 47.3 Å². The number of β-amino-alcohol motifs (C(OH)–C–C–N with tert-alkyl or cyclic N) is 1. The van der Waals surface area contributed by atoms with E-state index in [9.17, 15) is 5.11 Å². The van der Waals surface area contributed by atoms with Gasteiger partial charge in [-0.15, -0.1) is 0 Å². The summed E-state index contributed by atoms with van der Waals surface area (Å²) in [7, 11) is 0. The number of hydrogen-bond acceptors (Lipinski definition) is 6. The van der Waals surface area contributed by atoms with Crippen LogP contribution in [-0.2, 0) is 6.54 Å². The van der Waals surface area contributed by atoms with Crippen LogP contribution < -0.4 is 4.74 Å². The molecule has 2 heterocycles. The van der Waals surface area contributed by atoms with Crippen molar-refractivity contribution < 1.29 is 14.4 Å². The first-order chi connectivity index (χ1) is 12.1. The Hall–Kier alpha value is -1.89. The first-order valence-electron chi connectivity index (χ1n) is 8.83. The normalized spacial score (nSPS) is 17.6. The van der Waals surface area contributed by atoms with Gasteiger partial charge in [0.05, 0.1) is 12.2 Å². The molecule has 1 aliphatic rings. The van der Waals surface area contributed by atoms with E-state index in [-0.39, 0.29) is 0 Å². The van der Waals surface area contributed by atoms with Gasteiger partial charge in [0.1, 0.15) is 18.5 Å². The van der Waals surface area contributed by atoms with Gasteiger partial charge in [0.2, 0.25) is 0 Å². The Bertz CT molecular complexity index is 648. The number of ether oxygens (including phenoxy) is 1. The van der Waals surface area contributed by atoms with Crippen molar-refractivity contribution in [2.24, 2.45) is 0 Å². The molecule has 6 heteroatoms. The Kier molecular flexibility index (Phi) is 6.07. The maximum absolute atomic E-state index is 10.2. The molecular formula is C19H27N3O3. The highest BCUT2D eigenvalue weighted by molar-refractivity contribution is 5.26. The van der Waals surface area contributed by atoms with Gasteiger partial charge in [-0.1, -0.05) is 22.9 Å². The lowest BCUT2D eigenvalue weighted by molar-refractivity contribution is 0.0430. The first-order valence-corrected chi connectivity index (χ1v) is 8.83. The third-order valence-corrected chi connectivity index (χ3v) is 4.45. The van der Waals surface area contributed by atoms with Crippen molar-refractivity contribution in [2.75, 3.05) is 39.3 Å². The van der Waals surface area contributed by atoms with Crippen LogP contribution in [0.25, 0.3) is 0 Å². The van der Waals surface area contributed by atoms with E-state index in [0.717, 1.165) is 49.9 Å².